The van der Waals surface area contributed by atoms with Gasteiger partial charge in [0, 0.05) is 10.9 Å². The molecule has 1 aromatic carbocycles. The SMILES string of the molecule is Cc1nc2[nH]c3ccccc3c2c(=O)[nH]1. The van der Waals surface area contributed by atoms with E-state index in [4.69, 9.17) is 0 Å². The summed E-state index contributed by atoms with van der Waals surface area (Å²) in [6.07, 6.45) is 0. The quantitative estimate of drug-likeness (QED) is 0.579. The number of aromatic amines is 2. The standard InChI is InChI=1S/C11H9N3O/c1-6-12-10-9(11(15)13-6)7-4-2-3-5-8(7)14-10/h2-5H,1H3,(H2,12,13,14,15). The Labute approximate surface area is 85.0 Å². The molecule has 15 heavy (non-hydrogen) atoms. The van der Waals surface area contributed by atoms with Crippen LogP contribution in [0.4, 0.5) is 0 Å². The summed E-state index contributed by atoms with van der Waals surface area (Å²) in [5.41, 5.74) is 1.50. The van der Waals surface area contributed by atoms with Gasteiger partial charge in [-0.2, -0.15) is 0 Å². The second kappa shape index (κ2) is 2.70. The van der Waals surface area contributed by atoms with Gasteiger partial charge in [0.05, 0.1) is 5.39 Å². The van der Waals surface area contributed by atoms with Crippen LogP contribution in [-0.4, -0.2) is 15.0 Å². The van der Waals surface area contributed by atoms with Gasteiger partial charge in [0.25, 0.3) is 5.56 Å². The minimum absolute atomic E-state index is 0.0880. The molecule has 0 aliphatic carbocycles. The molecule has 0 atom stereocenters. The summed E-state index contributed by atoms with van der Waals surface area (Å²) in [6.45, 7) is 1.77. The fraction of sp³-hybridized carbons (Fsp3) is 0.0909. The number of para-hydroxylation sites is 1. The minimum atomic E-state index is -0.0880. The maximum Gasteiger partial charge on any atom is 0.261 e. The van der Waals surface area contributed by atoms with Crippen LogP contribution in [0.2, 0.25) is 0 Å². The molecule has 74 valence electrons. The Bertz CT molecular complexity index is 708. The van der Waals surface area contributed by atoms with Gasteiger partial charge in [0.1, 0.15) is 11.5 Å². The molecular formula is C11H9N3O. The van der Waals surface area contributed by atoms with Gasteiger partial charge in [0.15, 0.2) is 0 Å². The van der Waals surface area contributed by atoms with E-state index < -0.39 is 0 Å². The van der Waals surface area contributed by atoms with Gasteiger partial charge in [0.2, 0.25) is 0 Å². The summed E-state index contributed by atoms with van der Waals surface area (Å²) < 4.78 is 0. The molecule has 2 heterocycles. The van der Waals surface area contributed by atoms with Gasteiger partial charge in [-0.15, -0.1) is 0 Å². The smallest absolute Gasteiger partial charge is 0.261 e. The average Bonchev–Trinajstić information content (AvgIpc) is 2.54. The third-order valence-electron chi connectivity index (χ3n) is 2.49. The van der Waals surface area contributed by atoms with E-state index in [0.717, 1.165) is 10.9 Å². The topological polar surface area (TPSA) is 61.5 Å². The molecule has 0 aliphatic rings. The van der Waals surface area contributed by atoms with E-state index in [1.54, 1.807) is 6.92 Å². The molecule has 0 fully saturated rings. The molecule has 0 aliphatic heterocycles. The van der Waals surface area contributed by atoms with Crippen LogP contribution in [0.15, 0.2) is 29.1 Å². The maximum atomic E-state index is 11.8. The molecule has 0 unspecified atom stereocenters. The summed E-state index contributed by atoms with van der Waals surface area (Å²) >= 11 is 0. The number of nitrogens with one attached hydrogen (secondary N) is 2. The first-order chi connectivity index (χ1) is 7.25. The van der Waals surface area contributed by atoms with Crippen LogP contribution in [0, 0.1) is 6.92 Å². The molecule has 4 heteroatoms. The van der Waals surface area contributed by atoms with Crippen molar-refractivity contribution in [3.8, 4) is 0 Å². The van der Waals surface area contributed by atoms with Crippen molar-refractivity contribution < 1.29 is 0 Å². The fourth-order valence-corrected chi connectivity index (χ4v) is 1.86. The highest BCUT2D eigenvalue weighted by molar-refractivity contribution is 6.05. The predicted molar refractivity (Wildman–Crippen MR) is 59.0 cm³/mol. The Hall–Kier alpha value is -2.10. The van der Waals surface area contributed by atoms with Crippen molar-refractivity contribution in [1.82, 2.24) is 15.0 Å². The summed E-state index contributed by atoms with van der Waals surface area (Å²) in [4.78, 5) is 21.9. The third kappa shape index (κ3) is 1.08. The minimum Gasteiger partial charge on any atom is -0.339 e. The molecular weight excluding hydrogens is 190 g/mol. The van der Waals surface area contributed by atoms with E-state index in [-0.39, 0.29) is 5.56 Å². The van der Waals surface area contributed by atoms with Crippen LogP contribution in [-0.2, 0) is 0 Å². The molecule has 0 saturated heterocycles. The molecule has 0 radical (unpaired) electrons. The molecule has 4 nitrogen and oxygen atoms in total. The number of benzene rings is 1. The molecule has 2 aromatic heterocycles. The Morgan fingerprint density at radius 2 is 2.00 bits per heavy atom. The van der Waals surface area contributed by atoms with Crippen molar-refractivity contribution in [2.45, 2.75) is 6.92 Å². The Morgan fingerprint density at radius 3 is 2.87 bits per heavy atom. The van der Waals surface area contributed by atoms with Crippen molar-refractivity contribution in [2.75, 3.05) is 0 Å². The molecule has 3 aromatic rings. The number of aryl methyl sites for hydroxylation is 1. The van der Waals surface area contributed by atoms with Crippen molar-refractivity contribution >= 4 is 21.9 Å². The number of aromatic nitrogens is 3. The average molecular weight is 199 g/mol. The number of rotatable bonds is 0. The highest BCUT2D eigenvalue weighted by Gasteiger charge is 2.08. The summed E-state index contributed by atoms with van der Waals surface area (Å²) in [6, 6.07) is 7.69. The molecule has 3 rings (SSSR count). The Kier molecular flexibility index (Phi) is 1.48. The first kappa shape index (κ1) is 8.23. The van der Waals surface area contributed by atoms with E-state index in [1.807, 2.05) is 24.3 Å². The second-order valence-electron chi connectivity index (χ2n) is 3.55. The van der Waals surface area contributed by atoms with E-state index >= 15 is 0 Å². The van der Waals surface area contributed by atoms with Gasteiger partial charge >= 0.3 is 0 Å². The molecule has 0 bridgehead atoms. The van der Waals surface area contributed by atoms with Crippen LogP contribution in [0.3, 0.4) is 0 Å². The number of H-pyrrole nitrogens is 2. The van der Waals surface area contributed by atoms with Crippen LogP contribution in [0.5, 0.6) is 0 Å². The van der Waals surface area contributed by atoms with Crippen molar-refractivity contribution in [1.29, 1.82) is 0 Å². The van der Waals surface area contributed by atoms with Gasteiger partial charge in [-0.1, -0.05) is 18.2 Å². The van der Waals surface area contributed by atoms with Crippen LogP contribution in [0.25, 0.3) is 21.9 Å². The molecule has 0 saturated carbocycles. The van der Waals surface area contributed by atoms with Gasteiger partial charge < -0.3 is 9.97 Å². The van der Waals surface area contributed by atoms with Crippen LogP contribution in [0.1, 0.15) is 5.82 Å². The third-order valence-corrected chi connectivity index (χ3v) is 2.49. The number of hydrogen-bond donors (Lipinski definition) is 2. The summed E-state index contributed by atoms with van der Waals surface area (Å²) in [5.74, 6) is 0.624. The maximum absolute atomic E-state index is 11.8. The fourth-order valence-electron chi connectivity index (χ4n) is 1.86. The second-order valence-corrected chi connectivity index (χ2v) is 3.55. The van der Waals surface area contributed by atoms with Crippen molar-refractivity contribution in [3.05, 3.63) is 40.4 Å². The first-order valence-corrected chi connectivity index (χ1v) is 4.73. The zero-order valence-corrected chi connectivity index (χ0v) is 8.16. The van der Waals surface area contributed by atoms with E-state index in [1.165, 1.54) is 0 Å². The van der Waals surface area contributed by atoms with Crippen molar-refractivity contribution in [3.63, 3.8) is 0 Å². The summed E-state index contributed by atoms with van der Waals surface area (Å²) in [7, 11) is 0. The number of nitrogens with zero attached hydrogens (tertiary/aromatic N) is 1. The lowest BCUT2D eigenvalue weighted by Gasteiger charge is -1.91. The Morgan fingerprint density at radius 1 is 1.20 bits per heavy atom. The lowest BCUT2D eigenvalue weighted by molar-refractivity contribution is 1.05. The molecule has 2 N–H and O–H groups in total. The zero-order chi connectivity index (χ0) is 10.4. The highest BCUT2D eigenvalue weighted by atomic mass is 16.1. The first-order valence-electron chi connectivity index (χ1n) is 4.73. The largest absolute Gasteiger partial charge is 0.339 e. The predicted octanol–water partition coefficient (Wildman–Crippen LogP) is 1.71. The van der Waals surface area contributed by atoms with Crippen molar-refractivity contribution in [2.24, 2.45) is 0 Å². The number of hydrogen-bond acceptors (Lipinski definition) is 2. The van der Waals surface area contributed by atoms with E-state index in [2.05, 4.69) is 15.0 Å². The molecule has 0 spiro atoms. The lowest BCUT2D eigenvalue weighted by atomic mass is 10.2. The number of fused-ring (bicyclic) bond motifs is 3. The van der Waals surface area contributed by atoms with Gasteiger partial charge in [-0.05, 0) is 13.0 Å². The zero-order valence-electron chi connectivity index (χ0n) is 8.16. The van der Waals surface area contributed by atoms with Crippen LogP contribution >= 0.6 is 0 Å². The lowest BCUT2D eigenvalue weighted by Crippen LogP contribution is -2.08. The summed E-state index contributed by atoms with van der Waals surface area (Å²) in [5, 5.41) is 1.55. The molecule has 0 amide bonds. The monoisotopic (exact) mass is 199 g/mol. The van der Waals surface area contributed by atoms with Gasteiger partial charge in [-0.25, -0.2) is 4.98 Å². The van der Waals surface area contributed by atoms with Gasteiger partial charge in [-0.3, -0.25) is 4.79 Å². The van der Waals surface area contributed by atoms with Crippen LogP contribution < -0.4 is 5.56 Å². The van der Waals surface area contributed by atoms with E-state index in [9.17, 15) is 4.79 Å². The normalized spacial score (nSPS) is 11.3. The highest BCUT2D eigenvalue weighted by Crippen LogP contribution is 2.20. The van der Waals surface area contributed by atoms with E-state index in [0.29, 0.717) is 16.9 Å². The Balaban J connectivity index is 2.67.